The van der Waals surface area contributed by atoms with Crippen molar-refractivity contribution in [2.24, 2.45) is 0 Å². The molecular formula is C13H16ClN3O. The molecule has 0 aliphatic carbocycles. The van der Waals surface area contributed by atoms with Crippen LogP contribution in [0.25, 0.3) is 0 Å². The van der Waals surface area contributed by atoms with Gasteiger partial charge in [-0.2, -0.15) is 5.26 Å². The molecule has 0 spiro atoms. The Bertz CT molecular complexity index is 468. The first-order chi connectivity index (χ1) is 8.58. The van der Waals surface area contributed by atoms with Crippen molar-refractivity contribution in [2.75, 3.05) is 13.6 Å². The molecule has 18 heavy (non-hydrogen) atoms. The van der Waals surface area contributed by atoms with E-state index in [1.807, 2.05) is 13.0 Å². The summed E-state index contributed by atoms with van der Waals surface area (Å²) in [4.78, 5) is 17.8. The van der Waals surface area contributed by atoms with E-state index < -0.39 is 0 Å². The van der Waals surface area contributed by atoms with Crippen LogP contribution in [-0.4, -0.2) is 29.4 Å². The fraction of sp³-hybridized carbons (Fsp3) is 0.462. The Balaban J connectivity index is 2.88. The summed E-state index contributed by atoms with van der Waals surface area (Å²) in [6.45, 7) is 2.46. The zero-order chi connectivity index (χ0) is 13.5. The van der Waals surface area contributed by atoms with Gasteiger partial charge in [-0.25, -0.2) is 4.98 Å². The molecule has 0 aliphatic heterocycles. The molecule has 96 valence electrons. The summed E-state index contributed by atoms with van der Waals surface area (Å²) < 4.78 is 0. The number of carbonyl (C=O) groups excluding carboxylic acids is 1. The molecular weight excluding hydrogens is 250 g/mol. The summed E-state index contributed by atoms with van der Waals surface area (Å²) in [6.07, 6.45) is 2.07. The van der Waals surface area contributed by atoms with Gasteiger partial charge in [-0.05, 0) is 18.6 Å². The number of carbonyl (C=O) groups is 1. The number of amides is 1. The summed E-state index contributed by atoms with van der Waals surface area (Å²) in [7, 11) is 1.67. The van der Waals surface area contributed by atoms with Crippen LogP contribution in [0.3, 0.4) is 0 Å². The molecule has 0 radical (unpaired) electrons. The fourth-order valence-electron chi connectivity index (χ4n) is 1.60. The molecule has 5 heteroatoms. The van der Waals surface area contributed by atoms with Crippen molar-refractivity contribution in [3.8, 4) is 6.07 Å². The predicted molar refractivity (Wildman–Crippen MR) is 70.4 cm³/mol. The normalized spacial score (nSPS) is 9.89. The maximum atomic E-state index is 12.1. The van der Waals surface area contributed by atoms with Crippen LogP contribution in [0.1, 0.15) is 35.8 Å². The van der Waals surface area contributed by atoms with Crippen molar-refractivity contribution in [3.63, 3.8) is 0 Å². The van der Waals surface area contributed by atoms with E-state index in [-0.39, 0.29) is 5.91 Å². The highest BCUT2D eigenvalue weighted by molar-refractivity contribution is 6.29. The van der Waals surface area contributed by atoms with Crippen molar-refractivity contribution in [1.29, 1.82) is 5.26 Å². The average molecular weight is 266 g/mol. The van der Waals surface area contributed by atoms with Crippen LogP contribution in [0.2, 0.25) is 5.15 Å². The van der Waals surface area contributed by atoms with Crippen molar-refractivity contribution >= 4 is 17.5 Å². The van der Waals surface area contributed by atoms with Gasteiger partial charge in [-0.15, -0.1) is 0 Å². The third-order valence-corrected chi connectivity index (χ3v) is 2.70. The number of nitrogens with zero attached hydrogens (tertiary/aromatic N) is 3. The van der Waals surface area contributed by atoms with Gasteiger partial charge in [0.25, 0.3) is 5.91 Å². The summed E-state index contributed by atoms with van der Waals surface area (Å²) in [6, 6.07) is 5.34. The molecule has 0 aromatic carbocycles. The van der Waals surface area contributed by atoms with Crippen molar-refractivity contribution in [1.82, 2.24) is 9.88 Å². The van der Waals surface area contributed by atoms with Crippen LogP contribution in [-0.2, 0) is 6.42 Å². The lowest BCUT2D eigenvalue weighted by Crippen LogP contribution is -2.27. The number of nitriles is 1. The lowest BCUT2D eigenvalue weighted by Gasteiger charge is -2.16. The molecule has 0 bridgehead atoms. The average Bonchev–Trinajstić information content (AvgIpc) is 2.34. The highest BCUT2D eigenvalue weighted by Gasteiger charge is 2.13. The molecule has 0 unspecified atom stereocenters. The molecule has 4 nitrogen and oxygen atoms in total. The molecule has 0 saturated heterocycles. The van der Waals surface area contributed by atoms with Gasteiger partial charge in [0.15, 0.2) is 0 Å². The van der Waals surface area contributed by atoms with E-state index in [9.17, 15) is 4.79 Å². The van der Waals surface area contributed by atoms with Gasteiger partial charge >= 0.3 is 0 Å². The van der Waals surface area contributed by atoms with Gasteiger partial charge in [-0.3, -0.25) is 4.79 Å². The largest absolute Gasteiger partial charge is 0.341 e. The van der Waals surface area contributed by atoms with Crippen molar-refractivity contribution < 1.29 is 4.79 Å². The fourth-order valence-corrected chi connectivity index (χ4v) is 1.82. The van der Waals surface area contributed by atoms with Crippen LogP contribution in [0.5, 0.6) is 0 Å². The minimum Gasteiger partial charge on any atom is -0.341 e. The molecule has 0 saturated carbocycles. The van der Waals surface area contributed by atoms with E-state index in [0.717, 1.165) is 18.5 Å². The molecule has 1 heterocycles. The Morgan fingerprint density at radius 2 is 2.28 bits per heavy atom. The van der Waals surface area contributed by atoms with Gasteiger partial charge in [0.1, 0.15) is 5.15 Å². The van der Waals surface area contributed by atoms with E-state index in [1.54, 1.807) is 19.2 Å². The monoisotopic (exact) mass is 265 g/mol. The molecule has 0 N–H and O–H groups in total. The Labute approximate surface area is 112 Å². The van der Waals surface area contributed by atoms with Crippen LogP contribution < -0.4 is 0 Å². The van der Waals surface area contributed by atoms with Gasteiger partial charge < -0.3 is 4.90 Å². The number of aromatic nitrogens is 1. The van der Waals surface area contributed by atoms with Crippen LogP contribution in [0.15, 0.2) is 12.1 Å². The topological polar surface area (TPSA) is 57.0 Å². The lowest BCUT2D eigenvalue weighted by molar-refractivity contribution is 0.0797. The lowest BCUT2D eigenvalue weighted by atomic mass is 10.1. The maximum absolute atomic E-state index is 12.1. The number of halogens is 1. The first-order valence-corrected chi connectivity index (χ1v) is 6.25. The second-order valence-electron chi connectivity index (χ2n) is 4.05. The number of hydrogen-bond acceptors (Lipinski definition) is 3. The molecule has 1 aromatic rings. The second kappa shape index (κ2) is 6.97. The summed E-state index contributed by atoms with van der Waals surface area (Å²) in [5.74, 6) is -0.132. The van der Waals surface area contributed by atoms with Crippen LogP contribution in [0, 0.1) is 11.3 Å². The highest BCUT2D eigenvalue weighted by atomic mass is 35.5. The Morgan fingerprint density at radius 1 is 1.56 bits per heavy atom. The summed E-state index contributed by atoms with van der Waals surface area (Å²) >= 11 is 5.90. The highest BCUT2D eigenvalue weighted by Crippen LogP contribution is 2.14. The third kappa shape index (κ3) is 4.01. The van der Waals surface area contributed by atoms with E-state index in [1.165, 1.54) is 4.90 Å². The van der Waals surface area contributed by atoms with Crippen LogP contribution >= 0.6 is 11.6 Å². The van der Waals surface area contributed by atoms with Crippen molar-refractivity contribution in [3.05, 3.63) is 28.5 Å². The standard InChI is InChI=1S/C13H16ClN3O/c1-3-5-11-8-10(9-12(14)16-11)13(18)17(2)7-4-6-15/h8-9H,3-5,7H2,1-2H3. The zero-order valence-electron chi connectivity index (χ0n) is 10.6. The smallest absolute Gasteiger partial charge is 0.253 e. The first-order valence-electron chi connectivity index (χ1n) is 5.87. The molecule has 1 rings (SSSR count). The summed E-state index contributed by atoms with van der Waals surface area (Å²) in [5, 5.41) is 8.84. The molecule has 1 aromatic heterocycles. The Kier molecular flexibility index (Phi) is 5.60. The van der Waals surface area contributed by atoms with E-state index in [0.29, 0.717) is 23.7 Å². The quantitative estimate of drug-likeness (QED) is 0.769. The van der Waals surface area contributed by atoms with Gasteiger partial charge in [0, 0.05) is 24.8 Å². The van der Waals surface area contributed by atoms with Gasteiger partial charge in [-0.1, -0.05) is 24.9 Å². The SMILES string of the molecule is CCCc1cc(C(=O)N(C)CCC#N)cc(Cl)n1. The summed E-state index contributed by atoms with van der Waals surface area (Å²) in [5.41, 5.74) is 1.35. The second-order valence-corrected chi connectivity index (χ2v) is 4.44. The van der Waals surface area contributed by atoms with Gasteiger partial charge in [0.05, 0.1) is 12.5 Å². The Hall–Kier alpha value is -1.60. The van der Waals surface area contributed by atoms with E-state index in [4.69, 9.17) is 16.9 Å². The molecule has 0 fully saturated rings. The number of aryl methyl sites for hydroxylation is 1. The molecule has 1 amide bonds. The number of rotatable bonds is 5. The zero-order valence-corrected chi connectivity index (χ0v) is 11.4. The van der Waals surface area contributed by atoms with Crippen molar-refractivity contribution in [2.45, 2.75) is 26.2 Å². The third-order valence-electron chi connectivity index (χ3n) is 2.51. The van der Waals surface area contributed by atoms with Gasteiger partial charge in [0.2, 0.25) is 0 Å². The molecule has 0 aliphatic rings. The number of pyridine rings is 1. The maximum Gasteiger partial charge on any atom is 0.253 e. The first kappa shape index (κ1) is 14.5. The Morgan fingerprint density at radius 3 is 2.89 bits per heavy atom. The van der Waals surface area contributed by atoms with E-state index in [2.05, 4.69) is 4.98 Å². The predicted octanol–water partition coefficient (Wildman–Crippen LogP) is 2.67. The van der Waals surface area contributed by atoms with Crippen LogP contribution in [0.4, 0.5) is 0 Å². The minimum absolute atomic E-state index is 0.132. The molecule has 0 atom stereocenters. The minimum atomic E-state index is -0.132. The van der Waals surface area contributed by atoms with E-state index >= 15 is 0 Å². The number of hydrogen-bond donors (Lipinski definition) is 0.